The Balaban J connectivity index is 1.47. The van der Waals surface area contributed by atoms with Gasteiger partial charge in [0.25, 0.3) is 0 Å². The van der Waals surface area contributed by atoms with Crippen molar-refractivity contribution in [3.8, 4) is 0 Å². The van der Waals surface area contributed by atoms with Crippen LogP contribution in [0.2, 0.25) is 0 Å². The third-order valence-electron chi connectivity index (χ3n) is 6.89. The van der Waals surface area contributed by atoms with Gasteiger partial charge in [0.15, 0.2) is 6.61 Å². The van der Waals surface area contributed by atoms with Crippen molar-refractivity contribution in [1.82, 2.24) is 19.8 Å². The Morgan fingerprint density at radius 2 is 1.77 bits per heavy atom. The number of nitrogens with one attached hydrogen (secondary N) is 2. The summed E-state index contributed by atoms with van der Waals surface area (Å²) < 4.78 is 31.0. The number of piperidine rings is 1. The molecule has 2 aliphatic rings. The number of ether oxygens (including phenoxy) is 1. The van der Waals surface area contributed by atoms with Gasteiger partial charge in [-0.2, -0.15) is 5.11 Å². The summed E-state index contributed by atoms with van der Waals surface area (Å²) in [6.07, 6.45) is 4.04. The molecule has 3 rings (SSSR count). The number of rotatable bonds is 12. The number of amides is 3. The average molecular weight is 579 g/mol. The van der Waals surface area contributed by atoms with Crippen LogP contribution in [-0.4, -0.2) is 99.7 Å². The fraction of sp³-hybridized carbons (Fsp3) is 0.615. The van der Waals surface area contributed by atoms with Crippen LogP contribution in [0.4, 0.5) is 0 Å². The van der Waals surface area contributed by atoms with Crippen molar-refractivity contribution in [2.45, 2.75) is 51.1 Å². The van der Waals surface area contributed by atoms with Crippen LogP contribution in [0.25, 0.3) is 0 Å². The minimum absolute atomic E-state index is 0.191. The standard InChI is InChI=1S/C26H38N6O7S/c1-19(33)39-17-24(34)29-28-18-31-13-10-21(11-14-31)16-27-25(35)23-9-6-12-32(23)26(36)22(30-40(2,37)38)15-20-7-4-3-5-8-20/h3-5,7-8,21-23,30H,6,9-18H2,1-2H3,(H,27,35)/t22-,23+/m1/s1. The molecule has 2 heterocycles. The first-order chi connectivity index (χ1) is 19.0. The van der Waals surface area contributed by atoms with Crippen LogP contribution in [0.15, 0.2) is 40.6 Å². The third-order valence-corrected chi connectivity index (χ3v) is 7.60. The highest BCUT2D eigenvalue weighted by Gasteiger charge is 2.38. The number of hydrogen-bond acceptors (Lipinski definition) is 9. The maximum atomic E-state index is 13.4. The average Bonchev–Trinajstić information content (AvgIpc) is 3.40. The van der Waals surface area contributed by atoms with E-state index in [1.807, 2.05) is 35.2 Å². The van der Waals surface area contributed by atoms with Crippen LogP contribution in [0.3, 0.4) is 0 Å². The summed E-state index contributed by atoms with van der Waals surface area (Å²) in [5.41, 5.74) is 0.818. The van der Waals surface area contributed by atoms with E-state index in [-0.39, 0.29) is 24.9 Å². The van der Waals surface area contributed by atoms with Gasteiger partial charge in [-0.05, 0) is 43.6 Å². The Hall–Kier alpha value is -3.23. The van der Waals surface area contributed by atoms with Crippen LogP contribution in [-0.2, 0) is 40.4 Å². The second-order valence-electron chi connectivity index (χ2n) is 10.2. The Bertz CT molecular complexity index is 1170. The summed E-state index contributed by atoms with van der Waals surface area (Å²) in [6.45, 7) is 3.37. The molecule has 14 heteroatoms. The quantitative estimate of drug-likeness (QED) is 0.267. The van der Waals surface area contributed by atoms with E-state index in [0.29, 0.717) is 25.9 Å². The van der Waals surface area contributed by atoms with Crippen molar-refractivity contribution in [2.24, 2.45) is 16.1 Å². The monoisotopic (exact) mass is 578 g/mol. The number of sulfonamides is 1. The molecular formula is C26H38N6O7S. The molecular weight excluding hydrogens is 540 g/mol. The van der Waals surface area contributed by atoms with E-state index in [4.69, 9.17) is 0 Å². The van der Waals surface area contributed by atoms with Gasteiger partial charge in [0.2, 0.25) is 21.8 Å². The van der Waals surface area contributed by atoms with E-state index in [0.717, 1.165) is 37.8 Å². The van der Waals surface area contributed by atoms with Crippen molar-refractivity contribution in [3.05, 3.63) is 35.9 Å². The summed E-state index contributed by atoms with van der Waals surface area (Å²) in [5, 5.41) is 10.4. The second-order valence-corrected chi connectivity index (χ2v) is 12.0. The molecule has 0 aromatic heterocycles. The number of likely N-dealkylation sites (tertiary alicyclic amines) is 2. The van der Waals surface area contributed by atoms with Crippen molar-refractivity contribution in [2.75, 3.05) is 45.7 Å². The van der Waals surface area contributed by atoms with Crippen LogP contribution in [0.5, 0.6) is 0 Å². The Kier molecular flexibility index (Phi) is 11.7. The Labute approximate surface area is 234 Å². The predicted molar refractivity (Wildman–Crippen MR) is 145 cm³/mol. The summed E-state index contributed by atoms with van der Waals surface area (Å²) >= 11 is 0. The summed E-state index contributed by atoms with van der Waals surface area (Å²) in [4.78, 5) is 52.3. The first-order valence-electron chi connectivity index (χ1n) is 13.4. The topological polar surface area (TPSA) is 167 Å². The third kappa shape index (κ3) is 10.4. The lowest BCUT2D eigenvalue weighted by Crippen LogP contribution is -2.54. The van der Waals surface area contributed by atoms with E-state index in [1.54, 1.807) is 0 Å². The normalized spacial score (nSPS) is 19.4. The zero-order valence-corrected chi connectivity index (χ0v) is 23.8. The number of nitrogens with zero attached hydrogens (tertiary/aromatic N) is 4. The number of benzene rings is 1. The van der Waals surface area contributed by atoms with Crippen LogP contribution in [0.1, 0.15) is 38.2 Å². The van der Waals surface area contributed by atoms with E-state index in [1.165, 1.54) is 11.8 Å². The predicted octanol–water partition coefficient (Wildman–Crippen LogP) is 0.466. The fourth-order valence-corrected chi connectivity index (χ4v) is 5.58. The van der Waals surface area contributed by atoms with Crippen LogP contribution >= 0.6 is 0 Å². The molecule has 40 heavy (non-hydrogen) atoms. The number of carbonyl (C=O) groups excluding carboxylic acids is 4. The number of esters is 1. The van der Waals surface area contributed by atoms with Gasteiger partial charge in [-0.25, -0.2) is 13.1 Å². The summed E-state index contributed by atoms with van der Waals surface area (Å²) in [6, 6.07) is 7.52. The molecule has 2 N–H and O–H groups in total. The van der Waals surface area contributed by atoms with Gasteiger partial charge in [0.1, 0.15) is 18.8 Å². The van der Waals surface area contributed by atoms with Gasteiger partial charge in [0.05, 0.1) is 6.26 Å². The van der Waals surface area contributed by atoms with Gasteiger partial charge in [-0.1, -0.05) is 30.3 Å². The van der Waals surface area contributed by atoms with Crippen molar-refractivity contribution in [3.63, 3.8) is 0 Å². The van der Waals surface area contributed by atoms with Gasteiger partial charge in [-0.15, -0.1) is 5.11 Å². The van der Waals surface area contributed by atoms with Crippen molar-refractivity contribution in [1.29, 1.82) is 0 Å². The summed E-state index contributed by atoms with van der Waals surface area (Å²) in [7, 11) is -3.65. The van der Waals surface area contributed by atoms with E-state index in [2.05, 4.69) is 25.0 Å². The maximum absolute atomic E-state index is 13.4. The Morgan fingerprint density at radius 3 is 2.42 bits per heavy atom. The molecule has 0 aliphatic carbocycles. The number of hydrogen-bond donors (Lipinski definition) is 2. The molecule has 0 spiro atoms. The van der Waals surface area contributed by atoms with Crippen LogP contribution in [0, 0.1) is 5.92 Å². The molecule has 1 aromatic rings. The molecule has 13 nitrogen and oxygen atoms in total. The molecule has 0 radical (unpaired) electrons. The lowest BCUT2D eigenvalue weighted by Gasteiger charge is -2.31. The zero-order valence-electron chi connectivity index (χ0n) is 23.0. The first-order valence-corrected chi connectivity index (χ1v) is 15.3. The molecule has 2 aliphatic heterocycles. The minimum Gasteiger partial charge on any atom is -0.456 e. The lowest BCUT2D eigenvalue weighted by atomic mass is 9.97. The van der Waals surface area contributed by atoms with Gasteiger partial charge in [0, 0.05) is 33.1 Å². The number of carbonyl (C=O) groups is 4. The molecule has 2 atom stereocenters. The zero-order chi connectivity index (χ0) is 29.1. The molecule has 2 fully saturated rings. The number of azo groups is 1. The minimum atomic E-state index is -3.65. The highest BCUT2D eigenvalue weighted by atomic mass is 32.2. The highest BCUT2D eigenvalue weighted by molar-refractivity contribution is 7.88. The first kappa shape index (κ1) is 31.3. The molecule has 2 saturated heterocycles. The molecule has 0 bridgehead atoms. The molecule has 0 unspecified atom stereocenters. The van der Waals surface area contributed by atoms with E-state index < -0.39 is 46.5 Å². The highest BCUT2D eigenvalue weighted by Crippen LogP contribution is 2.21. The molecule has 3 amide bonds. The molecule has 1 aromatic carbocycles. The Morgan fingerprint density at radius 1 is 1.07 bits per heavy atom. The second kappa shape index (κ2) is 15.0. The van der Waals surface area contributed by atoms with Crippen molar-refractivity contribution >= 4 is 33.7 Å². The largest absolute Gasteiger partial charge is 0.456 e. The SMILES string of the molecule is CC(=O)OCC(=O)N=NCN1CCC(CNC(=O)[C@@H]2CCCN2C(=O)[C@@H](Cc2ccccc2)NS(C)(=O)=O)CC1. The smallest absolute Gasteiger partial charge is 0.303 e. The molecule has 220 valence electrons. The summed E-state index contributed by atoms with van der Waals surface area (Å²) in [5.74, 6) is -1.55. The van der Waals surface area contributed by atoms with Gasteiger partial charge < -0.3 is 15.0 Å². The fourth-order valence-electron chi connectivity index (χ4n) is 4.88. The molecule has 0 saturated carbocycles. The van der Waals surface area contributed by atoms with Crippen LogP contribution < -0.4 is 10.0 Å². The van der Waals surface area contributed by atoms with E-state index in [9.17, 15) is 27.6 Å². The van der Waals surface area contributed by atoms with E-state index >= 15 is 0 Å². The van der Waals surface area contributed by atoms with Gasteiger partial charge in [-0.3, -0.25) is 24.1 Å². The lowest BCUT2D eigenvalue weighted by molar-refractivity contribution is -0.145. The van der Waals surface area contributed by atoms with Gasteiger partial charge >= 0.3 is 11.9 Å². The maximum Gasteiger partial charge on any atom is 0.303 e. The van der Waals surface area contributed by atoms with Crippen molar-refractivity contribution < 1.29 is 32.3 Å².